The molecule has 0 amide bonds. The van der Waals surface area contributed by atoms with Gasteiger partial charge >= 0.3 is 11.9 Å². The van der Waals surface area contributed by atoms with Crippen LogP contribution in [0.5, 0.6) is 0 Å². The van der Waals surface area contributed by atoms with Gasteiger partial charge in [-0.15, -0.1) is 0 Å². The van der Waals surface area contributed by atoms with E-state index >= 15 is 0 Å². The number of aliphatic carboxylic acids is 2. The number of hydrogen-bond acceptors (Lipinski definition) is 7. The fourth-order valence-electron chi connectivity index (χ4n) is 2.69. The van der Waals surface area contributed by atoms with Crippen LogP contribution in [0.1, 0.15) is 17.2 Å². The van der Waals surface area contributed by atoms with Gasteiger partial charge < -0.3 is 25.6 Å². The highest BCUT2D eigenvalue weighted by Crippen LogP contribution is 2.17. The van der Waals surface area contributed by atoms with Crippen molar-refractivity contribution in [2.45, 2.75) is 13.0 Å². The van der Waals surface area contributed by atoms with Crippen LogP contribution < -0.4 is 10.6 Å². The van der Waals surface area contributed by atoms with Gasteiger partial charge in [-0.2, -0.15) is 0 Å². The summed E-state index contributed by atoms with van der Waals surface area (Å²) < 4.78 is 5.35. The number of rotatable bonds is 4. The van der Waals surface area contributed by atoms with Crippen molar-refractivity contribution < 1.29 is 24.5 Å². The molecule has 0 bridgehead atoms. The average Bonchev–Trinajstić information content (AvgIpc) is 3.12. The minimum absolute atomic E-state index is 0.302. The van der Waals surface area contributed by atoms with E-state index in [1.54, 1.807) is 0 Å². The Morgan fingerprint density at radius 2 is 1.85 bits per heavy atom. The monoisotopic (exact) mass is 378 g/mol. The van der Waals surface area contributed by atoms with E-state index in [-0.39, 0.29) is 0 Å². The van der Waals surface area contributed by atoms with Crippen molar-refractivity contribution in [3.63, 3.8) is 0 Å². The summed E-state index contributed by atoms with van der Waals surface area (Å²) in [5.74, 6) is -2.72. The van der Waals surface area contributed by atoms with Crippen LogP contribution in [-0.2, 0) is 14.3 Å². The van der Waals surface area contributed by atoms with E-state index in [1.807, 2.05) is 0 Å². The number of carbonyl (C=O) groups is 2. The van der Waals surface area contributed by atoms with Crippen molar-refractivity contribution in [2.75, 3.05) is 45.9 Å². The van der Waals surface area contributed by atoms with Gasteiger partial charge in [0.2, 0.25) is 0 Å². The van der Waals surface area contributed by atoms with Crippen LogP contribution in [0.3, 0.4) is 0 Å². The maximum absolute atomic E-state index is 9.10. The van der Waals surface area contributed by atoms with E-state index in [4.69, 9.17) is 24.5 Å². The number of hydrogen-bond donors (Lipinski definition) is 4. The highest BCUT2D eigenvalue weighted by atomic mass is 16.5. The minimum atomic E-state index is -1.82. The summed E-state index contributed by atoms with van der Waals surface area (Å²) >= 11 is 0. The van der Waals surface area contributed by atoms with Gasteiger partial charge in [-0.1, -0.05) is 29.8 Å². The third-order valence-corrected chi connectivity index (χ3v) is 4.23. The summed E-state index contributed by atoms with van der Waals surface area (Å²) in [6, 6.07) is 8.97. The Kier molecular flexibility index (Phi) is 8.02. The van der Waals surface area contributed by atoms with Crippen molar-refractivity contribution >= 4 is 17.9 Å². The standard InChI is InChI=1S/C16H24N4O.C2H2O4/c1-13-2-4-14(5-3-13)15-12-18-16(19-15)17-6-7-20-8-10-21-11-9-20;3-1(4)2(5)6/h2-5,15H,6-12H2,1H3,(H2,17,18,19);(H,3,4)(H,5,6). The molecule has 0 radical (unpaired) electrons. The number of ether oxygens (including phenoxy) is 1. The molecule has 148 valence electrons. The molecule has 4 N–H and O–H groups in total. The van der Waals surface area contributed by atoms with E-state index < -0.39 is 11.9 Å². The molecule has 0 spiro atoms. The maximum atomic E-state index is 9.10. The lowest BCUT2D eigenvalue weighted by Gasteiger charge is -2.26. The third-order valence-electron chi connectivity index (χ3n) is 4.23. The molecule has 1 unspecified atom stereocenters. The summed E-state index contributed by atoms with van der Waals surface area (Å²) in [6.45, 7) is 8.67. The van der Waals surface area contributed by atoms with Gasteiger partial charge in [0.15, 0.2) is 5.96 Å². The summed E-state index contributed by atoms with van der Waals surface area (Å²) in [7, 11) is 0. The Balaban J connectivity index is 0.000000380. The molecule has 1 aromatic rings. The fourth-order valence-corrected chi connectivity index (χ4v) is 2.69. The molecular weight excluding hydrogens is 352 g/mol. The molecule has 1 saturated heterocycles. The Labute approximate surface area is 158 Å². The van der Waals surface area contributed by atoms with Crippen molar-refractivity contribution in [1.82, 2.24) is 15.5 Å². The van der Waals surface area contributed by atoms with E-state index in [2.05, 4.69) is 51.7 Å². The molecule has 0 aromatic heterocycles. The number of carboxylic acid groups (broad SMARTS) is 2. The summed E-state index contributed by atoms with van der Waals surface area (Å²) in [6.07, 6.45) is 0. The van der Waals surface area contributed by atoms with E-state index in [0.717, 1.165) is 51.9 Å². The van der Waals surface area contributed by atoms with Crippen LogP contribution in [0.15, 0.2) is 29.3 Å². The fraction of sp³-hybridized carbons (Fsp3) is 0.500. The highest BCUT2D eigenvalue weighted by Gasteiger charge is 2.19. The van der Waals surface area contributed by atoms with Crippen molar-refractivity contribution in [3.8, 4) is 0 Å². The number of guanidine groups is 1. The second-order valence-electron chi connectivity index (χ2n) is 6.29. The first-order valence-corrected chi connectivity index (χ1v) is 8.83. The number of carboxylic acids is 2. The molecule has 1 aromatic carbocycles. The molecule has 2 aliphatic rings. The molecule has 2 heterocycles. The van der Waals surface area contributed by atoms with Gasteiger partial charge in [0.05, 0.1) is 25.8 Å². The second kappa shape index (κ2) is 10.5. The Bertz CT molecular complexity index is 644. The van der Waals surface area contributed by atoms with Crippen LogP contribution >= 0.6 is 0 Å². The first-order chi connectivity index (χ1) is 13.0. The topological polar surface area (TPSA) is 123 Å². The van der Waals surface area contributed by atoms with Gasteiger partial charge in [-0.05, 0) is 12.5 Å². The first kappa shape index (κ1) is 20.7. The normalized spacial score (nSPS) is 19.3. The largest absolute Gasteiger partial charge is 0.473 e. The molecule has 9 heteroatoms. The number of morpholine rings is 1. The van der Waals surface area contributed by atoms with E-state index in [1.165, 1.54) is 11.1 Å². The molecule has 27 heavy (non-hydrogen) atoms. The van der Waals surface area contributed by atoms with Gasteiger partial charge in [0, 0.05) is 26.2 Å². The van der Waals surface area contributed by atoms with Crippen LogP contribution in [0.25, 0.3) is 0 Å². The number of nitrogens with one attached hydrogen (secondary N) is 2. The molecule has 1 atom stereocenters. The third kappa shape index (κ3) is 7.24. The van der Waals surface area contributed by atoms with Gasteiger partial charge in [-0.3, -0.25) is 9.89 Å². The Morgan fingerprint density at radius 1 is 1.22 bits per heavy atom. The summed E-state index contributed by atoms with van der Waals surface area (Å²) in [4.78, 5) is 25.2. The molecule has 0 saturated carbocycles. The smallest absolute Gasteiger partial charge is 0.414 e. The quantitative estimate of drug-likeness (QED) is 0.543. The molecule has 3 rings (SSSR count). The molecule has 2 aliphatic heterocycles. The summed E-state index contributed by atoms with van der Waals surface area (Å²) in [5.41, 5.74) is 2.59. The lowest BCUT2D eigenvalue weighted by atomic mass is 10.1. The lowest BCUT2D eigenvalue weighted by Crippen LogP contribution is -2.43. The van der Waals surface area contributed by atoms with Gasteiger partial charge in [0.1, 0.15) is 0 Å². The molecule has 0 aliphatic carbocycles. The highest BCUT2D eigenvalue weighted by molar-refractivity contribution is 6.27. The van der Waals surface area contributed by atoms with E-state index in [0.29, 0.717) is 6.04 Å². The summed E-state index contributed by atoms with van der Waals surface area (Å²) in [5, 5.41) is 21.6. The van der Waals surface area contributed by atoms with Gasteiger partial charge in [0.25, 0.3) is 0 Å². The lowest BCUT2D eigenvalue weighted by molar-refractivity contribution is -0.159. The zero-order chi connectivity index (χ0) is 19.6. The number of benzene rings is 1. The number of aryl methyl sites for hydroxylation is 1. The van der Waals surface area contributed by atoms with Crippen molar-refractivity contribution in [3.05, 3.63) is 35.4 Å². The van der Waals surface area contributed by atoms with E-state index in [9.17, 15) is 0 Å². The molecule has 1 fully saturated rings. The predicted octanol–water partition coefficient (Wildman–Crippen LogP) is 0.0727. The minimum Gasteiger partial charge on any atom is -0.473 e. The van der Waals surface area contributed by atoms with Crippen LogP contribution in [0, 0.1) is 6.92 Å². The number of nitrogens with zero attached hydrogens (tertiary/aromatic N) is 2. The van der Waals surface area contributed by atoms with Crippen molar-refractivity contribution in [1.29, 1.82) is 0 Å². The Hall–Kier alpha value is -2.65. The van der Waals surface area contributed by atoms with Gasteiger partial charge in [-0.25, -0.2) is 9.59 Å². The zero-order valence-electron chi connectivity index (χ0n) is 15.4. The Morgan fingerprint density at radius 3 is 2.44 bits per heavy atom. The molecular formula is C18H26N4O5. The van der Waals surface area contributed by atoms with Crippen molar-refractivity contribution in [2.24, 2.45) is 4.99 Å². The zero-order valence-corrected chi connectivity index (χ0v) is 15.4. The second-order valence-corrected chi connectivity index (χ2v) is 6.29. The SMILES string of the molecule is Cc1ccc(C2CN=C(NCCN3CCOCC3)N2)cc1.O=C(O)C(=O)O. The predicted molar refractivity (Wildman–Crippen MR) is 99.9 cm³/mol. The van der Waals surface area contributed by atoms with Crippen LogP contribution in [-0.4, -0.2) is 78.9 Å². The van der Waals surface area contributed by atoms with Crippen LogP contribution in [0.4, 0.5) is 0 Å². The number of aliphatic imine (C=N–C) groups is 1. The first-order valence-electron chi connectivity index (χ1n) is 8.83. The molecule has 9 nitrogen and oxygen atoms in total. The van der Waals surface area contributed by atoms with Crippen LogP contribution in [0.2, 0.25) is 0 Å². The average molecular weight is 378 g/mol. The maximum Gasteiger partial charge on any atom is 0.414 e.